The van der Waals surface area contributed by atoms with Gasteiger partial charge in [-0.2, -0.15) is 17.0 Å². The number of nitrogens with zero attached hydrogens (tertiary/aromatic N) is 3. The first-order chi connectivity index (χ1) is 13.4. The molecular weight excluding hydrogens is 380 g/mol. The highest BCUT2D eigenvalue weighted by molar-refractivity contribution is 7.86. The van der Waals surface area contributed by atoms with Crippen molar-refractivity contribution >= 4 is 22.0 Å². The quantitative estimate of drug-likeness (QED) is 0.624. The molecule has 0 spiro atoms. The third-order valence-electron chi connectivity index (χ3n) is 6.23. The second-order valence-corrected chi connectivity index (χ2v) is 10.3. The van der Waals surface area contributed by atoms with Gasteiger partial charge in [0, 0.05) is 52.2 Å². The van der Waals surface area contributed by atoms with Crippen LogP contribution < -0.4 is 5.32 Å². The SMILES string of the molecule is CC1CCN(S(=O)(=O)N2CCCC(C(=O)NCCCN3CCCC3=O)C2)CC1. The molecule has 3 saturated heterocycles. The summed E-state index contributed by atoms with van der Waals surface area (Å²) >= 11 is 0. The van der Waals surface area contributed by atoms with Gasteiger partial charge < -0.3 is 10.2 Å². The molecule has 0 radical (unpaired) electrons. The van der Waals surface area contributed by atoms with Gasteiger partial charge in [-0.1, -0.05) is 6.92 Å². The van der Waals surface area contributed by atoms with E-state index in [9.17, 15) is 18.0 Å². The summed E-state index contributed by atoms with van der Waals surface area (Å²) in [7, 11) is -3.47. The Bertz CT molecular complexity index is 661. The van der Waals surface area contributed by atoms with E-state index in [2.05, 4.69) is 12.2 Å². The zero-order chi connectivity index (χ0) is 20.1. The molecule has 2 amide bonds. The van der Waals surface area contributed by atoms with Crippen LogP contribution in [0, 0.1) is 11.8 Å². The number of hydrogen-bond acceptors (Lipinski definition) is 4. The number of piperidine rings is 2. The van der Waals surface area contributed by atoms with Crippen LogP contribution in [-0.2, 0) is 19.8 Å². The zero-order valence-corrected chi connectivity index (χ0v) is 17.8. The first-order valence-corrected chi connectivity index (χ1v) is 12.1. The number of rotatable bonds is 7. The van der Waals surface area contributed by atoms with Gasteiger partial charge in [0.2, 0.25) is 11.8 Å². The Balaban J connectivity index is 1.44. The third kappa shape index (κ3) is 5.24. The van der Waals surface area contributed by atoms with Crippen LogP contribution in [0.15, 0.2) is 0 Å². The molecule has 0 aliphatic carbocycles. The molecule has 1 atom stereocenters. The second-order valence-electron chi connectivity index (χ2n) is 8.42. The molecule has 0 saturated carbocycles. The maximum absolute atomic E-state index is 12.9. The number of carbonyl (C=O) groups is 2. The molecule has 3 heterocycles. The molecule has 3 fully saturated rings. The molecule has 0 aromatic rings. The zero-order valence-electron chi connectivity index (χ0n) is 16.9. The Kier molecular flexibility index (Phi) is 7.33. The Hall–Kier alpha value is -1.19. The van der Waals surface area contributed by atoms with E-state index in [4.69, 9.17) is 0 Å². The van der Waals surface area contributed by atoms with Gasteiger partial charge in [0.1, 0.15) is 0 Å². The van der Waals surface area contributed by atoms with E-state index in [1.54, 1.807) is 4.31 Å². The minimum atomic E-state index is -3.47. The molecule has 3 aliphatic rings. The van der Waals surface area contributed by atoms with Gasteiger partial charge in [-0.05, 0) is 44.4 Å². The normalized spacial score (nSPS) is 26.0. The van der Waals surface area contributed by atoms with Crippen molar-refractivity contribution in [2.24, 2.45) is 11.8 Å². The van der Waals surface area contributed by atoms with E-state index < -0.39 is 10.2 Å². The van der Waals surface area contributed by atoms with Crippen LogP contribution in [-0.4, -0.2) is 79.6 Å². The van der Waals surface area contributed by atoms with Gasteiger partial charge in [0.25, 0.3) is 10.2 Å². The molecule has 160 valence electrons. The van der Waals surface area contributed by atoms with Crippen molar-refractivity contribution in [3.8, 4) is 0 Å². The van der Waals surface area contributed by atoms with E-state index in [0.29, 0.717) is 51.5 Å². The number of nitrogens with one attached hydrogen (secondary N) is 1. The van der Waals surface area contributed by atoms with Crippen molar-refractivity contribution in [1.82, 2.24) is 18.8 Å². The lowest BCUT2D eigenvalue weighted by Crippen LogP contribution is -2.52. The summed E-state index contributed by atoms with van der Waals surface area (Å²) in [5, 5.41) is 2.94. The molecular formula is C19H34N4O4S. The van der Waals surface area contributed by atoms with Gasteiger partial charge in [0.15, 0.2) is 0 Å². The highest BCUT2D eigenvalue weighted by atomic mass is 32.2. The molecule has 1 unspecified atom stereocenters. The number of amides is 2. The van der Waals surface area contributed by atoms with E-state index >= 15 is 0 Å². The van der Waals surface area contributed by atoms with Crippen molar-refractivity contribution in [3.05, 3.63) is 0 Å². The van der Waals surface area contributed by atoms with Crippen LogP contribution in [0.5, 0.6) is 0 Å². The van der Waals surface area contributed by atoms with Crippen LogP contribution in [0.3, 0.4) is 0 Å². The molecule has 28 heavy (non-hydrogen) atoms. The number of likely N-dealkylation sites (tertiary alicyclic amines) is 1. The van der Waals surface area contributed by atoms with Crippen molar-refractivity contribution in [3.63, 3.8) is 0 Å². The molecule has 3 rings (SSSR count). The molecule has 1 N–H and O–H groups in total. The lowest BCUT2D eigenvalue weighted by atomic mass is 9.99. The first kappa shape index (κ1) is 21.5. The fourth-order valence-corrected chi connectivity index (χ4v) is 6.04. The summed E-state index contributed by atoms with van der Waals surface area (Å²) in [5.74, 6) is 0.411. The summed E-state index contributed by atoms with van der Waals surface area (Å²) in [4.78, 5) is 26.0. The first-order valence-electron chi connectivity index (χ1n) is 10.7. The lowest BCUT2D eigenvalue weighted by molar-refractivity contribution is -0.127. The topological polar surface area (TPSA) is 90.0 Å². The molecule has 9 heteroatoms. The average molecular weight is 415 g/mol. The molecule has 0 aromatic heterocycles. The Labute approximate surface area is 168 Å². The van der Waals surface area contributed by atoms with Gasteiger partial charge in [-0.3, -0.25) is 9.59 Å². The fraction of sp³-hybridized carbons (Fsp3) is 0.895. The number of hydrogen-bond donors (Lipinski definition) is 1. The van der Waals surface area contributed by atoms with Gasteiger partial charge in [-0.15, -0.1) is 0 Å². The summed E-state index contributed by atoms with van der Waals surface area (Å²) < 4.78 is 29.0. The van der Waals surface area contributed by atoms with Crippen molar-refractivity contribution in [2.45, 2.75) is 51.9 Å². The number of carbonyl (C=O) groups excluding carboxylic acids is 2. The minimum absolute atomic E-state index is 0.0695. The predicted molar refractivity (Wildman–Crippen MR) is 107 cm³/mol. The largest absolute Gasteiger partial charge is 0.356 e. The molecule has 8 nitrogen and oxygen atoms in total. The highest BCUT2D eigenvalue weighted by Gasteiger charge is 2.36. The van der Waals surface area contributed by atoms with Crippen molar-refractivity contribution in [2.75, 3.05) is 45.8 Å². The second kappa shape index (κ2) is 9.54. The summed E-state index contributed by atoms with van der Waals surface area (Å²) in [5.41, 5.74) is 0. The van der Waals surface area contributed by atoms with Gasteiger partial charge >= 0.3 is 0 Å². The van der Waals surface area contributed by atoms with Crippen LogP contribution >= 0.6 is 0 Å². The Morgan fingerprint density at radius 3 is 2.50 bits per heavy atom. The van der Waals surface area contributed by atoms with Crippen molar-refractivity contribution < 1.29 is 18.0 Å². The van der Waals surface area contributed by atoms with E-state index in [1.807, 2.05) is 4.90 Å². The minimum Gasteiger partial charge on any atom is -0.356 e. The van der Waals surface area contributed by atoms with Crippen molar-refractivity contribution in [1.29, 1.82) is 0 Å². The van der Waals surface area contributed by atoms with E-state index in [0.717, 1.165) is 38.6 Å². The van der Waals surface area contributed by atoms with Crippen LogP contribution in [0.2, 0.25) is 0 Å². The molecule has 3 aliphatic heterocycles. The van der Waals surface area contributed by atoms with Crippen LogP contribution in [0.4, 0.5) is 0 Å². The Morgan fingerprint density at radius 2 is 1.82 bits per heavy atom. The highest BCUT2D eigenvalue weighted by Crippen LogP contribution is 2.25. The smallest absolute Gasteiger partial charge is 0.281 e. The monoisotopic (exact) mass is 414 g/mol. The maximum atomic E-state index is 12.9. The predicted octanol–water partition coefficient (Wildman–Crippen LogP) is 0.804. The van der Waals surface area contributed by atoms with Crippen LogP contribution in [0.1, 0.15) is 51.9 Å². The summed E-state index contributed by atoms with van der Waals surface area (Å²) in [6.07, 6.45) is 5.52. The molecule has 0 bridgehead atoms. The Morgan fingerprint density at radius 1 is 1.07 bits per heavy atom. The van der Waals surface area contributed by atoms with Gasteiger partial charge in [-0.25, -0.2) is 0 Å². The average Bonchev–Trinajstić information content (AvgIpc) is 3.10. The van der Waals surface area contributed by atoms with E-state index in [-0.39, 0.29) is 24.3 Å². The lowest BCUT2D eigenvalue weighted by Gasteiger charge is -2.37. The summed E-state index contributed by atoms with van der Waals surface area (Å²) in [6.45, 7) is 6.09. The van der Waals surface area contributed by atoms with Crippen LogP contribution in [0.25, 0.3) is 0 Å². The molecule has 0 aromatic carbocycles. The summed E-state index contributed by atoms with van der Waals surface area (Å²) in [6, 6.07) is 0. The maximum Gasteiger partial charge on any atom is 0.281 e. The standard InChI is InChI=1S/C19H34N4O4S/c1-16-7-13-22(14-8-16)28(26,27)23-12-2-5-17(15-23)19(25)20-9-4-11-21-10-3-6-18(21)24/h16-17H,2-15H2,1H3,(H,20,25). The fourth-order valence-electron chi connectivity index (χ4n) is 4.31. The van der Waals surface area contributed by atoms with Gasteiger partial charge in [0.05, 0.1) is 5.92 Å². The third-order valence-corrected chi connectivity index (χ3v) is 8.23. The van der Waals surface area contributed by atoms with E-state index in [1.165, 1.54) is 4.31 Å².